The van der Waals surface area contributed by atoms with Gasteiger partial charge in [-0.1, -0.05) is 23.7 Å². The molecule has 0 spiro atoms. The average molecular weight is 524 g/mol. The third-order valence-electron chi connectivity index (χ3n) is 7.38. The highest BCUT2D eigenvalue weighted by Crippen LogP contribution is 2.41. The van der Waals surface area contributed by atoms with Gasteiger partial charge < -0.3 is 19.5 Å². The van der Waals surface area contributed by atoms with Crippen molar-refractivity contribution in [3.05, 3.63) is 81.9 Å². The number of hydrogen-bond acceptors (Lipinski definition) is 4. The van der Waals surface area contributed by atoms with Crippen LogP contribution in [-0.2, 0) is 4.74 Å². The van der Waals surface area contributed by atoms with Crippen molar-refractivity contribution in [2.75, 3.05) is 39.4 Å². The smallest absolute Gasteiger partial charge is 0.170 e. The van der Waals surface area contributed by atoms with E-state index < -0.39 is 0 Å². The van der Waals surface area contributed by atoms with Gasteiger partial charge in [-0.3, -0.25) is 9.88 Å². The standard InChI is InChI=1S/C28H34ClN5OS/c1-19-8-9-22(29)18-25(19)34-20(2)17-23(21(34)3)27-26(24-7-4-5-10-30-24)31-28(36)33(27)12-6-11-32-13-15-35-16-14-32/h4-5,7-10,17-18,26-27H,6,11-16H2,1-3H3,(H,31,36)/t26-,27-/m0/s1. The molecule has 1 N–H and O–H groups in total. The second kappa shape index (κ2) is 10.9. The first-order valence-corrected chi connectivity index (χ1v) is 13.5. The third kappa shape index (κ3) is 5.02. The first-order chi connectivity index (χ1) is 17.4. The van der Waals surface area contributed by atoms with Crippen LogP contribution >= 0.6 is 23.8 Å². The molecule has 0 saturated carbocycles. The first kappa shape index (κ1) is 25.2. The zero-order valence-electron chi connectivity index (χ0n) is 21.2. The summed E-state index contributed by atoms with van der Waals surface area (Å²) in [4.78, 5) is 9.56. The van der Waals surface area contributed by atoms with E-state index in [0.717, 1.165) is 67.3 Å². The van der Waals surface area contributed by atoms with E-state index in [1.807, 2.05) is 24.4 Å². The second-order valence-electron chi connectivity index (χ2n) is 9.72. The number of rotatable bonds is 7. The maximum atomic E-state index is 6.40. The van der Waals surface area contributed by atoms with E-state index in [1.165, 1.54) is 22.5 Å². The lowest BCUT2D eigenvalue weighted by Crippen LogP contribution is -2.39. The Balaban J connectivity index is 1.50. The highest BCUT2D eigenvalue weighted by atomic mass is 35.5. The fraction of sp³-hybridized carbons (Fsp3) is 0.429. The minimum atomic E-state index is -0.0171. The van der Waals surface area contributed by atoms with Crippen LogP contribution in [0.25, 0.3) is 5.69 Å². The fourth-order valence-corrected chi connectivity index (χ4v) is 6.05. The molecular weight excluding hydrogens is 490 g/mol. The molecule has 190 valence electrons. The number of halogens is 1. The molecule has 2 aliphatic heterocycles. The van der Waals surface area contributed by atoms with Crippen LogP contribution in [0.3, 0.4) is 0 Å². The molecule has 2 atom stereocenters. The highest BCUT2D eigenvalue weighted by Gasteiger charge is 2.41. The zero-order chi connectivity index (χ0) is 25.2. The van der Waals surface area contributed by atoms with Crippen molar-refractivity contribution >= 4 is 28.9 Å². The van der Waals surface area contributed by atoms with E-state index in [-0.39, 0.29) is 12.1 Å². The quantitative estimate of drug-likeness (QED) is 0.432. The first-order valence-electron chi connectivity index (χ1n) is 12.7. The molecule has 0 bridgehead atoms. The molecule has 36 heavy (non-hydrogen) atoms. The predicted octanol–water partition coefficient (Wildman–Crippen LogP) is 5.15. The Labute approximate surface area is 224 Å². The lowest BCUT2D eigenvalue weighted by molar-refractivity contribution is 0.0365. The van der Waals surface area contributed by atoms with Crippen molar-refractivity contribution in [2.45, 2.75) is 39.3 Å². The number of morpholine rings is 1. The SMILES string of the molecule is Cc1ccc(Cl)cc1-n1c(C)cc([C@H]2[C@H](c3ccccn3)NC(=S)N2CCCN2CCOCC2)c1C. The van der Waals surface area contributed by atoms with Crippen molar-refractivity contribution in [1.29, 1.82) is 0 Å². The van der Waals surface area contributed by atoms with Crippen LogP contribution in [-0.4, -0.2) is 63.9 Å². The Kier molecular flexibility index (Phi) is 7.62. The summed E-state index contributed by atoms with van der Waals surface area (Å²) in [6.07, 6.45) is 2.90. The minimum Gasteiger partial charge on any atom is -0.379 e. The summed E-state index contributed by atoms with van der Waals surface area (Å²) in [5, 5.41) is 5.14. The highest BCUT2D eigenvalue weighted by molar-refractivity contribution is 7.80. The number of hydrogen-bond donors (Lipinski definition) is 1. The van der Waals surface area contributed by atoms with Gasteiger partial charge in [0.2, 0.25) is 0 Å². The van der Waals surface area contributed by atoms with E-state index >= 15 is 0 Å². The maximum Gasteiger partial charge on any atom is 0.170 e. The monoisotopic (exact) mass is 523 g/mol. The van der Waals surface area contributed by atoms with Gasteiger partial charge >= 0.3 is 0 Å². The Morgan fingerprint density at radius 3 is 2.64 bits per heavy atom. The van der Waals surface area contributed by atoms with Gasteiger partial charge in [0, 0.05) is 54.5 Å². The van der Waals surface area contributed by atoms with Gasteiger partial charge in [0.15, 0.2) is 5.11 Å². The fourth-order valence-electron chi connectivity index (χ4n) is 5.56. The summed E-state index contributed by atoms with van der Waals surface area (Å²) in [7, 11) is 0. The van der Waals surface area contributed by atoms with E-state index in [9.17, 15) is 0 Å². The molecule has 6 nitrogen and oxygen atoms in total. The third-order valence-corrected chi connectivity index (χ3v) is 7.96. The lowest BCUT2D eigenvalue weighted by Gasteiger charge is -2.30. The maximum absolute atomic E-state index is 6.40. The number of ether oxygens (including phenoxy) is 1. The van der Waals surface area contributed by atoms with Gasteiger partial charge in [0.1, 0.15) is 0 Å². The molecule has 1 aromatic carbocycles. The van der Waals surface area contributed by atoms with E-state index in [2.05, 4.69) is 64.7 Å². The Morgan fingerprint density at radius 1 is 1.08 bits per heavy atom. The summed E-state index contributed by atoms with van der Waals surface area (Å²) in [5.74, 6) is 0. The number of thiocarbonyl (C=S) groups is 1. The van der Waals surface area contributed by atoms with Crippen LogP contribution in [0, 0.1) is 20.8 Å². The second-order valence-corrected chi connectivity index (χ2v) is 10.5. The van der Waals surface area contributed by atoms with E-state index in [1.54, 1.807) is 0 Å². The Bertz CT molecular complexity index is 1220. The predicted molar refractivity (Wildman–Crippen MR) is 149 cm³/mol. The molecule has 0 amide bonds. The van der Waals surface area contributed by atoms with Crippen LogP contribution < -0.4 is 5.32 Å². The molecule has 0 radical (unpaired) electrons. The van der Waals surface area contributed by atoms with E-state index in [0.29, 0.717) is 0 Å². The van der Waals surface area contributed by atoms with Gasteiger partial charge in [0.25, 0.3) is 0 Å². The summed E-state index contributed by atoms with van der Waals surface area (Å²) in [5.41, 5.74) is 6.96. The summed E-state index contributed by atoms with van der Waals surface area (Å²) in [6.45, 7) is 12.1. The number of nitrogens with one attached hydrogen (secondary N) is 1. The Hall–Kier alpha value is -2.45. The molecular formula is C28H34ClN5OS. The van der Waals surface area contributed by atoms with Gasteiger partial charge in [0.05, 0.1) is 31.0 Å². The summed E-state index contributed by atoms with van der Waals surface area (Å²) in [6, 6.07) is 14.5. The molecule has 5 rings (SSSR count). The van der Waals surface area contributed by atoms with Crippen LogP contribution in [0.5, 0.6) is 0 Å². The van der Waals surface area contributed by atoms with Crippen molar-refractivity contribution in [1.82, 2.24) is 24.7 Å². The molecule has 4 heterocycles. The van der Waals surface area contributed by atoms with Crippen LogP contribution in [0.1, 0.15) is 46.7 Å². The topological polar surface area (TPSA) is 45.6 Å². The van der Waals surface area contributed by atoms with Crippen LogP contribution in [0.2, 0.25) is 5.02 Å². The molecule has 0 unspecified atom stereocenters. The minimum absolute atomic E-state index is 0.0171. The molecule has 2 aliphatic rings. The van der Waals surface area contributed by atoms with Crippen LogP contribution in [0.4, 0.5) is 0 Å². The molecule has 3 aromatic rings. The number of nitrogens with zero attached hydrogens (tertiary/aromatic N) is 4. The number of aryl methyl sites for hydroxylation is 2. The number of aromatic nitrogens is 2. The lowest BCUT2D eigenvalue weighted by atomic mass is 9.96. The van der Waals surface area contributed by atoms with Crippen molar-refractivity contribution in [3.63, 3.8) is 0 Å². The van der Waals surface area contributed by atoms with Crippen molar-refractivity contribution in [2.24, 2.45) is 0 Å². The van der Waals surface area contributed by atoms with Gasteiger partial charge in [-0.25, -0.2) is 0 Å². The van der Waals surface area contributed by atoms with Crippen LogP contribution in [0.15, 0.2) is 48.7 Å². The average Bonchev–Trinajstić information content (AvgIpc) is 3.36. The summed E-state index contributed by atoms with van der Waals surface area (Å²) >= 11 is 12.3. The molecule has 8 heteroatoms. The van der Waals surface area contributed by atoms with Gasteiger partial charge in [-0.2, -0.15) is 0 Å². The summed E-state index contributed by atoms with van der Waals surface area (Å²) < 4.78 is 7.83. The Morgan fingerprint density at radius 2 is 1.89 bits per heavy atom. The van der Waals surface area contributed by atoms with E-state index in [4.69, 9.17) is 33.5 Å². The molecule has 0 aliphatic carbocycles. The van der Waals surface area contributed by atoms with Crippen molar-refractivity contribution in [3.8, 4) is 5.69 Å². The molecule has 2 fully saturated rings. The van der Waals surface area contributed by atoms with Gasteiger partial charge in [-0.05, 0) is 80.9 Å². The number of benzene rings is 1. The molecule has 2 aromatic heterocycles. The largest absolute Gasteiger partial charge is 0.379 e. The number of pyridine rings is 1. The van der Waals surface area contributed by atoms with Crippen molar-refractivity contribution < 1.29 is 4.74 Å². The molecule has 2 saturated heterocycles. The van der Waals surface area contributed by atoms with Gasteiger partial charge in [-0.15, -0.1) is 0 Å². The zero-order valence-corrected chi connectivity index (χ0v) is 22.8. The normalized spacial score (nSPS) is 20.7.